The number of hydrogen-bond donors (Lipinski definition) is 0. The Bertz CT molecular complexity index is 1160. The Balaban J connectivity index is 1.95. The fourth-order valence-electron chi connectivity index (χ4n) is 4.05. The minimum absolute atomic E-state index is 0.135. The molecule has 0 saturated heterocycles. The van der Waals surface area contributed by atoms with Gasteiger partial charge in [0.1, 0.15) is 16.7 Å². The lowest BCUT2D eigenvalue weighted by Gasteiger charge is -2.21. The summed E-state index contributed by atoms with van der Waals surface area (Å²) < 4.78 is 7.11. The molecule has 2 heterocycles. The van der Waals surface area contributed by atoms with Crippen LogP contribution in [0.5, 0.6) is 0 Å². The second-order valence-electron chi connectivity index (χ2n) is 8.20. The number of nitrogens with zero attached hydrogens (tertiary/aromatic N) is 2. The van der Waals surface area contributed by atoms with Crippen molar-refractivity contribution in [2.45, 2.75) is 71.9 Å². The summed E-state index contributed by atoms with van der Waals surface area (Å²) in [5, 5.41) is 0.689. The zero-order valence-electron chi connectivity index (χ0n) is 18.0. The molecule has 0 radical (unpaired) electrons. The second-order valence-corrected chi connectivity index (χ2v) is 9.29. The van der Waals surface area contributed by atoms with Crippen molar-refractivity contribution >= 4 is 27.5 Å². The monoisotopic (exact) mass is 424 g/mol. The van der Waals surface area contributed by atoms with Crippen LogP contribution in [-0.2, 0) is 22.4 Å². The van der Waals surface area contributed by atoms with Crippen LogP contribution in [0.4, 0.5) is 0 Å². The quantitative estimate of drug-likeness (QED) is 0.527. The fraction of sp³-hybridized carbons (Fsp3) is 0.458. The number of hydrogen-bond acceptors (Lipinski definition) is 5. The summed E-state index contributed by atoms with van der Waals surface area (Å²) in [6.45, 7) is 7.58. The van der Waals surface area contributed by atoms with E-state index in [0.717, 1.165) is 53.6 Å². The van der Waals surface area contributed by atoms with Crippen LogP contribution < -0.4 is 5.56 Å². The van der Waals surface area contributed by atoms with E-state index in [1.54, 1.807) is 22.8 Å². The van der Waals surface area contributed by atoms with Gasteiger partial charge in [-0.25, -0.2) is 9.78 Å². The Morgan fingerprint density at radius 1 is 1.27 bits per heavy atom. The Morgan fingerprint density at radius 2 is 2.03 bits per heavy atom. The molecule has 2 unspecified atom stereocenters. The highest BCUT2D eigenvalue weighted by Crippen LogP contribution is 2.35. The van der Waals surface area contributed by atoms with E-state index in [1.807, 2.05) is 45.0 Å². The topological polar surface area (TPSA) is 61.2 Å². The van der Waals surface area contributed by atoms with Crippen LogP contribution in [0.2, 0.25) is 0 Å². The zero-order valence-corrected chi connectivity index (χ0v) is 18.8. The summed E-state index contributed by atoms with van der Waals surface area (Å²) in [6, 6.07) is 7.15. The average molecular weight is 425 g/mol. The van der Waals surface area contributed by atoms with Crippen molar-refractivity contribution in [2.75, 3.05) is 0 Å². The van der Waals surface area contributed by atoms with Gasteiger partial charge in [0.05, 0.1) is 11.5 Å². The second kappa shape index (κ2) is 8.34. The van der Waals surface area contributed by atoms with E-state index in [-0.39, 0.29) is 11.7 Å². The fourth-order valence-corrected chi connectivity index (χ4v) is 5.30. The zero-order chi connectivity index (χ0) is 21.4. The molecule has 0 bridgehead atoms. The minimum atomic E-state index is -0.752. The van der Waals surface area contributed by atoms with Crippen LogP contribution in [0.15, 0.2) is 29.1 Å². The molecule has 6 heteroatoms. The van der Waals surface area contributed by atoms with E-state index in [0.29, 0.717) is 11.2 Å². The molecular formula is C24H28N2O3S. The van der Waals surface area contributed by atoms with Crippen LogP contribution in [0.3, 0.4) is 0 Å². The molecule has 30 heavy (non-hydrogen) atoms. The predicted octanol–water partition coefficient (Wildman–Crippen LogP) is 5.21. The van der Waals surface area contributed by atoms with Gasteiger partial charge in [0, 0.05) is 10.4 Å². The molecule has 158 valence electrons. The molecule has 5 nitrogen and oxygen atoms in total. The van der Waals surface area contributed by atoms with E-state index in [4.69, 9.17) is 9.72 Å². The third-order valence-electron chi connectivity index (χ3n) is 5.92. The third-order valence-corrected chi connectivity index (χ3v) is 7.10. The van der Waals surface area contributed by atoms with E-state index in [9.17, 15) is 9.59 Å². The molecule has 1 aliphatic carbocycles. The van der Waals surface area contributed by atoms with Crippen LogP contribution in [-0.4, -0.2) is 21.6 Å². The number of thiophene rings is 1. The minimum Gasteiger partial charge on any atom is -0.461 e. The molecule has 0 saturated carbocycles. The van der Waals surface area contributed by atoms with Gasteiger partial charge >= 0.3 is 5.97 Å². The summed E-state index contributed by atoms with van der Waals surface area (Å²) in [4.78, 5) is 33.6. The third kappa shape index (κ3) is 3.69. The van der Waals surface area contributed by atoms with Gasteiger partial charge in [-0.2, -0.15) is 0 Å². The Labute approximate surface area is 180 Å². The van der Waals surface area contributed by atoms with E-state index >= 15 is 0 Å². The smallest absolute Gasteiger partial charge is 0.329 e. The molecular weight excluding hydrogens is 396 g/mol. The molecule has 0 spiro atoms. The maximum absolute atomic E-state index is 13.8. The van der Waals surface area contributed by atoms with Gasteiger partial charge in [0.2, 0.25) is 0 Å². The van der Waals surface area contributed by atoms with Crippen LogP contribution in [0.1, 0.15) is 62.1 Å². The summed E-state index contributed by atoms with van der Waals surface area (Å²) in [5.74, 6) is 0.133. The van der Waals surface area contributed by atoms with Gasteiger partial charge in [-0.1, -0.05) is 30.7 Å². The number of fused-ring (bicyclic) bond motifs is 3. The Hall–Kier alpha value is -2.47. The number of rotatable bonds is 5. The summed E-state index contributed by atoms with van der Waals surface area (Å²) in [5.41, 5.74) is 2.91. The number of aryl methyl sites for hydroxylation is 3. The molecule has 0 aliphatic heterocycles. The predicted molar refractivity (Wildman–Crippen MR) is 121 cm³/mol. The van der Waals surface area contributed by atoms with Crippen LogP contribution in [0.25, 0.3) is 21.6 Å². The van der Waals surface area contributed by atoms with E-state index in [1.165, 1.54) is 4.88 Å². The number of ether oxygens (including phenoxy) is 1. The lowest BCUT2D eigenvalue weighted by molar-refractivity contribution is -0.151. The molecule has 3 aromatic rings. The van der Waals surface area contributed by atoms with Gasteiger partial charge in [-0.15, -0.1) is 11.3 Å². The Morgan fingerprint density at radius 3 is 2.77 bits per heavy atom. The van der Waals surface area contributed by atoms with Crippen molar-refractivity contribution in [1.29, 1.82) is 0 Å². The number of aromatic nitrogens is 2. The van der Waals surface area contributed by atoms with Crippen molar-refractivity contribution in [3.05, 3.63) is 50.6 Å². The van der Waals surface area contributed by atoms with Gasteiger partial charge in [0.25, 0.3) is 5.56 Å². The first-order valence-corrected chi connectivity index (χ1v) is 11.6. The van der Waals surface area contributed by atoms with E-state index < -0.39 is 12.0 Å². The maximum Gasteiger partial charge on any atom is 0.329 e. The maximum atomic E-state index is 13.8. The molecule has 4 rings (SSSR count). The summed E-state index contributed by atoms with van der Waals surface area (Å²) >= 11 is 1.63. The van der Waals surface area contributed by atoms with E-state index in [2.05, 4.69) is 0 Å². The molecule has 1 aromatic carbocycles. The van der Waals surface area contributed by atoms with Gasteiger partial charge in [0.15, 0.2) is 0 Å². The van der Waals surface area contributed by atoms with Crippen molar-refractivity contribution in [2.24, 2.45) is 0 Å². The van der Waals surface area contributed by atoms with Crippen molar-refractivity contribution < 1.29 is 9.53 Å². The highest BCUT2D eigenvalue weighted by Gasteiger charge is 2.28. The molecule has 2 atom stereocenters. The SMILES string of the molecule is CCC(C)OC(=O)C(C)n1c(-c2cccc(C)c2)nc2sc3c(c2c1=O)CCCC3. The van der Waals surface area contributed by atoms with Gasteiger partial charge in [-0.3, -0.25) is 9.36 Å². The molecule has 0 fully saturated rings. The molecule has 1 aliphatic rings. The number of carbonyl (C=O) groups is 1. The van der Waals surface area contributed by atoms with Crippen molar-refractivity contribution in [3.63, 3.8) is 0 Å². The standard InChI is InChI=1S/C24H28N2O3S/c1-5-15(3)29-24(28)16(4)26-21(17-10-8-9-14(2)13-17)25-22-20(23(26)27)18-11-6-7-12-19(18)30-22/h8-10,13,15-16H,5-7,11-12H2,1-4H3. The summed E-state index contributed by atoms with van der Waals surface area (Å²) in [6.07, 6.45) is 4.68. The average Bonchev–Trinajstić information content (AvgIpc) is 3.11. The number of benzene rings is 1. The first kappa shape index (κ1) is 20.8. The largest absolute Gasteiger partial charge is 0.461 e. The van der Waals surface area contributed by atoms with Crippen molar-refractivity contribution in [1.82, 2.24) is 9.55 Å². The Kier molecular flexibility index (Phi) is 5.78. The number of carbonyl (C=O) groups excluding carboxylic acids is 1. The highest BCUT2D eigenvalue weighted by atomic mass is 32.1. The lowest BCUT2D eigenvalue weighted by atomic mass is 9.97. The van der Waals surface area contributed by atoms with Gasteiger partial charge in [-0.05, 0) is 64.5 Å². The summed E-state index contributed by atoms with van der Waals surface area (Å²) in [7, 11) is 0. The van der Waals surface area contributed by atoms with Crippen LogP contribution in [0, 0.1) is 6.92 Å². The number of esters is 1. The molecule has 2 aromatic heterocycles. The first-order valence-electron chi connectivity index (χ1n) is 10.7. The first-order chi connectivity index (χ1) is 14.4. The highest BCUT2D eigenvalue weighted by molar-refractivity contribution is 7.18. The normalized spacial score (nSPS) is 15.6. The lowest BCUT2D eigenvalue weighted by Crippen LogP contribution is -2.33. The molecule has 0 amide bonds. The van der Waals surface area contributed by atoms with Crippen LogP contribution >= 0.6 is 11.3 Å². The van der Waals surface area contributed by atoms with Crippen molar-refractivity contribution in [3.8, 4) is 11.4 Å². The van der Waals surface area contributed by atoms with Gasteiger partial charge < -0.3 is 4.74 Å². The molecule has 0 N–H and O–H groups in total.